The summed E-state index contributed by atoms with van der Waals surface area (Å²) in [6.07, 6.45) is 0. The monoisotopic (exact) mass is 442 g/mol. The molecule has 33 heavy (non-hydrogen) atoms. The number of nitro groups is 1. The normalized spacial score (nSPS) is 12.2. The van der Waals surface area contributed by atoms with Crippen LogP contribution in [0, 0.1) is 51.7 Å². The molecule has 0 radical (unpaired) electrons. The number of aromatic nitrogens is 1. The molecule has 0 aliphatic rings. The van der Waals surface area contributed by atoms with E-state index >= 15 is 0 Å². The summed E-state index contributed by atoms with van der Waals surface area (Å²) in [5.74, 6) is 0. The molecule has 0 aliphatic heterocycles. The molecule has 1 heterocycles. The molecule has 1 aromatic heterocycles. The molecule has 0 bridgehead atoms. The number of benzene rings is 2. The smallest absolute Gasteiger partial charge is 0.258 e. The van der Waals surface area contributed by atoms with Crippen LogP contribution in [0.1, 0.15) is 58.6 Å². The average molecular weight is 443 g/mol. The Morgan fingerprint density at radius 3 is 1.33 bits per heavy atom. The predicted octanol–water partition coefficient (Wildman–Crippen LogP) is 7.12. The van der Waals surface area contributed by atoms with Crippen molar-refractivity contribution in [2.75, 3.05) is 0 Å². The first-order chi connectivity index (χ1) is 15.5. The largest absolute Gasteiger partial charge is 0.273 e. The van der Waals surface area contributed by atoms with Gasteiger partial charge in [-0.2, -0.15) is 0 Å². The molecule has 0 fully saturated rings. The fourth-order valence-corrected chi connectivity index (χ4v) is 4.14. The summed E-state index contributed by atoms with van der Waals surface area (Å²) in [5, 5.41) is 11.7. The van der Waals surface area contributed by atoms with E-state index in [0.717, 1.165) is 33.6 Å². The third-order valence-electron chi connectivity index (χ3n) is 5.59. The fraction of sp³-hybridized carbons (Fsp3) is 0.296. The Morgan fingerprint density at radius 1 is 0.697 bits per heavy atom. The molecule has 0 N–H and O–H groups in total. The van der Waals surface area contributed by atoms with Gasteiger partial charge in [-0.15, -0.1) is 0 Å². The molecule has 0 unspecified atom stereocenters. The number of aliphatic imine (C=N–C) groups is 2. The van der Waals surface area contributed by atoms with Gasteiger partial charge in [0.25, 0.3) is 5.69 Å². The van der Waals surface area contributed by atoms with Crippen LogP contribution in [0.2, 0.25) is 0 Å². The highest BCUT2D eigenvalue weighted by Gasteiger charge is 2.16. The van der Waals surface area contributed by atoms with E-state index in [2.05, 4.69) is 24.3 Å². The third kappa shape index (κ3) is 5.40. The number of pyridine rings is 1. The molecular formula is C27H30N4O2. The summed E-state index contributed by atoms with van der Waals surface area (Å²) >= 11 is 0. The van der Waals surface area contributed by atoms with Crippen molar-refractivity contribution in [2.24, 2.45) is 9.98 Å². The van der Waals surface area contributed by atoms with E-state index in [1.165, 1.54) is 23.3 Å². The number of hydrogen-bond donors (Lipinski definition) is 0. The second-order valence-electron chi connectivity index (χ2n) is 8.74. The van der Waals surface area contributed by atoms with Crippen molar-refractivity contribution in [1.29, 1.82) is 0 Å². The van der Waals surface area contributed by atoms with Crippen LogP contribution >= 0.6 is 0 Å². The minimum Gasteiger partial charge on any atom is -0.258 e. The Morgan fingerprint density at radius 2 is 1.03 bits per heavy atom. The van der Waals surface area contributed by atoms with Gasteiger partial charge in [0, 0.05) is 12.1 Å². The molecule has 6 nitrogen and oxygen atoms in total. The molecule has 0 amide bonds. The molecule has 2 aromatic carbocycles. The Balaban J connectivity index is 2.13. The topological polar surface area (TPSA) is 80.8 Å². The van der Waals surface area contributed by atoms with Gasteiger partial charge in [0.05, 0.1) is 39.1 Å². The standard InChI is InChI=1S/C27H30N4O2/c1-15-9-17(3)26(18(4)10-15)28-21(7)24-13-23(31(32)33)14-25(30-24)22(8)29-27-19(5)11-16(2)12-20(27)6/h9-14H,1-8H3. The van der Waals surface area contributed by atoms with E-state index in [4.69, 9.17) is 15.0 Å². The van der Waals surface area contributed by atoms with Crippen LogP contribution in [-0.4, -0.2) is 21.3 Å². The van der Waals surface area contributed by atoms with Gasteiger partial charge in [-0.25, -0.2) is 4.98 Å². The molecule has 0 saturated carbocycles. The van der Waals surface area contributed by atoms with E-state index < -0.39 is 4.92 Å². The summed E-state index contributed by atoms with van der Waals surface area (Å²) in [7, 11) is 0. The zero-order chi connectivity index (χ0) is 24.4. The highest BCUT2D eigenvalue weighted by Crippen LogP contribution is 2.28. The van der Waals surface area contributed by atoms with E-state index in [0.29, 0.717) is 22.8 Å². The first-order valence-corrected chi connectivity index (χ1v) is 10.9. The summed E-state index contributed by atoms with van der Waals surface area (Å²) < 4.78 is 0. The van der Waals surface area contributed by atoms with Crippen LogP contribution in [0.25, 0.3) is 0 Å². The summed E-state index contributed by atoms with van der Waals surface area (Å²) in [6, 6.07) is 11.2. The van der Waals surface area contributed by atoms with Gasteiger partial charge in [-0.1, -0.05) is 35.4 Å². The maximum atomic E-state index is 11.7. The van der Waals surface area contributed by atoms with Crippen LogP contribution in [-0.2, 0) is 0 Å². The Labute approximate surface area is 195 Å². The van der Waals surface area contributed by atoms with E-state index in [-0.39, 0.29) is 5.69 Å². The average Bonchev–Trinajstić information content (AvgIpc) is 2.72. The minimum absolute atomic E-state index is 0.0335. The van der Waals surface area contributed by atoms with Gasteiger partial charge in [-0.3, -0.25) is 20.1 Å². The van der Waals surface area contributed by atoms with Crippen LogP contribution in [0.4, 0.5) is 17.1 Å². The lowest BCUT2D eigenvalue weighted by molar-refractivity contribution is -0.385. The molecule has 0 atom stereocenters. The molecule has 170 valence electrons. The highest BCUT2D eigenvalue weighted by atomic mass is 16.6. The molecule has 3 aromatic rings. The van der Waals surface area contributed by atoms with E-state index in [1.54, 1.807) is 0 Å². The quantitative estimate of drug-likeness (QED) is 0.240. The van der Waals surface area contributed by atoms with Gasteiger partial charge >= 0.3 is 0 Å². The van der Waals surface area contributed by atoms with Crippen molar-refractivity contribution in [2.45, 2.75) is 55.4 Å². The number of nitrogens with zero attached hydrogens (tertiary/aromatic N) is 4. The molecular weight excluding hydrogens is 412 g/mol. The number of rotatable bonds is 5. The van der Waals surface area contributed by atoms with Crippen molar-refractivity contribution >= 4 is 28.5 Å². The second-order valence-corrected chi connectivity index (χ2v) is 8.74. The van der Waals surface area contributed by atoms with Crippen molar-refractivity contribution < 1.29 is 4.92 Å². The maximum Gasteiger partial charge on any atom is 0.273 e. The lowest BCUT2D eigenvalue weighted by Crippen LogP contribution is -2.07. The Hall–Kier alpha value is -3.67. The van der Waals surface area contributed by atoms with Gasteiger partial charge in [0.15, 0.2) is 0 Å². The lowest BCUT2D eigenvalue weighted by Gasteiger charge is -2.10. The number of hydrogen-bond acceptors (Lipinski definition) is 5. The SMILES string of the molecule is CC(=Nc1c(C)cc(C)cc1C)c1cc([N+](=O)[O-])cc(C(C)=Nc2c(C)cc(C)cc2C)n1. The highest BCUT2D eigenvalue weighted by molar-refractivity contribution is 6.03. The zero-order valence-corrected chi connectivity index (χ0v) is 20.6. The van der Waals surface area contributed by atoms with Crippen LogP contribution in [0.5, 0.6) is 0 Å². The molecule has 3 rings (SSSR count). The first kappa shape index (κ1) is 24.0. The van der Waals surface area contributed by atoms with Gasteiger partial charge < -0.3 is 0 Å². The van der Waals surface area contributed by atoms with Crippen molar-refractivity contribution in [3.8, 4) is 0 Å². The van der Waals surface area contributed by atoms with Crippen molar-refractivity contribution in [1.82, 2.24) is 4.98 Å². The summed E-state index contributed by atoms with van der Waals surface area (Å²) in [5.41, 5.74) is 10.4. The lowest BCUT2D eigenvalue weighted by atomic mass is 10.0. The van der Waals surface area contributed by atoms with Crippen molar-refractivity contribution in [3.63, 3.8) is 0 Å². The fourth-order valence-electron chi connectivity index (χ4n) is 4.14. The molecule has 0 aliphatic carbocycles. The maximum absolute atomic E-state index is 11.7. The van der Waals surface area contributed by atoms with E-state index in [1.807, 2.05) is 55.4 Å². The van der Waals surface area contributed by atoms with Crippen LogP contribution in [0.3, 0.4) is 0 Å². The predicted molar refractivity (Wildman–Crippen MR) is 136 cm³/mol. The number of aryl methyl sites for hydroxylation is 6. The minimum atomic E-state index is -0.403. The Bertz CT molecular complexity index is 1180. The first-order valence-electron chi connectivity index (χ1n) is 10.9. The molecule has 0 spiro atoms. The van der Waals surface area contributed by atoms with Crippen molar-refractivity contribution in [3.05, 3.63) is 91.3 Å². The van der Waals surface area contributed by atoms with Crippen LogP contribution in [0.15, 0.2) is 46.4 Å². The van der Waals surface area contributed by atoms with Gasteiger partial charge in [-0.05, 0) is 77.6 Å². The zero-order valence-electron chi connectivity index (χ0n) is 20.6. The summed E-state index contributed by atoms with van der Waals surface area (Å²) in [6.45, 7) is 15.8. The van der Waals surface area contributed by atoms with Gasteiger partial charge in [0.1, 0.15) is 0 Å². The van der Waals surface area contributed by atoms with E-state index in [9.17, 15) is 10.1 Å². The summed E-state index contributed by atoms with van der Waals surface area (Å²) in [4.78, 5) is 25.5. The van der Waals surface area contributed by atoms with Gasteiger partial charge in [0.2, 0.25) is 0 Å². The third-order valence-corrected chi connectivity index (χ3v) is 5.59. The molecule has 0 saturated heterocycles. The van der Waals surface area contributed by atoms with Crippen LogP contribution < -0.4 is 0 Å². The Kier molecular flexibility index (Phi) is 6.86. The second kappa shape index (κ2) is 9.45. The molecule has 6 heteroatoms.